The second-order valence-electron chi connectivity index (χ2n) is 8.83. The molecule has 1 rings (SSSR count). The lowest BCUT2D eigenvalue weighted by atomic mass is 9.86. The number of halogens is 1. The number of hydrogen-bond donors (Lipinski definition) is 4. The fourth-order valence-electron chi connectivity index (χ4n) is 2.90. The monoisotopic (exact) mass is 575 g/mol. The molecule has 0 saturated heterocycles. The molecule has 1 amide bonds. The summed E-state index contributed by atoms with van der Waals surface area (Å²) in [4.78, 5) is 16.1. The molecule has 0 heterocycles. The van der Waals surface area contributed by atoms with Crippen LogP contribution in [0.1, 0.15) is 66.2 Å². The average molecular weight is 576 g/mol. The number of hydrogen-bond acceptors (Lipinski definition) is 5. The van der Waals surface area contributed by atoms with Gasteiger partial charge in [-0.2, -0.15) is 0 Å². The van der Waals surface area contributed by atoms with Crippen molar-refractivity contribution in [3.63, 3.8) is 0 Å². The maximum Gasteiger partial charge on any atom is 0.407 e. The Morgan fingerprint density at radius 3 is 2.42 bits per heavy atom. The first-order valence-corrected chi connectivity index (χ1v) is 12.6. The molecule has 1 unspecified atom stereocenters. The van der Waals surface area contributed by atoms with Crippen molar-refractivity contribution in [3.05, 3.63) is 0 Å². The van der Waals surface area contributed by atoms with Crippen LogP contribution in [-0.4, -0.2) is 64.5 Å². The van der Waals surface area contributed by atoms with Crippen LogP contribution in [0.3, 0.4) is 0 Å². The van der Waals surface area contributed by atoms with E-state index in [4.69, 9.17) is 4.74 Å². The first kappa shape index (κ1) is 30.2. The molecule has 9 nitrogen and oxygen atoms in total. The van der Waals surface area contributed by atoms with Gasteiger partial charge in [-0.05, 0) is 46.0 Å². The largest absolute Gasteiger partial charge is 0.444 e. The van der Waals surface area contributed by atoms with E-state index >= 15 is 0 Å². The number of carbonyl (C=O) groups is 1. The van der Waals surface area contributed by atoms with E-state index in [0.717, 1.165) is 32.1 Å². The molecule has 0 spiro atoms. The number of nitrogens with one attached hydrogen (secondary N) is 4. The summed E-state index contributed by atoms with van der Waals surface area (Å²) in [5.74, 6) is 0.978. The van der Waals surface area contributed by atoms with Gasteiger partial charge in [0.25, 0.3) is 0 Å². The minimum Gasteiger partial charge on any atom is -0.444 e. The molecular formula is C20H42IN5O4S. The van der Waals surface area contributed by atoms with Crippen molar-refractivity contribution in [2.75, 3.05) is 32.4 Å². The van der Waals surface area contributed by atoms with Gasteiger partial charge in [-0.25, -0.2) is 17.9 Å². The molecule has 0 aromatic carbocycles. The van der Waals surface area contributed by atoms with E-state index in [0.29, 0.717) is 25.0 Å². The Morgan fingerprint density at radius 2 is 1.90 bits per heavy atom. The number of amides is 1. The lowest BCUT2D eigenvalue weighted by Gasteiger charge is -2.25. The quantitative estimate of drug-likeness (QED) is 0.161. The zero-order chi connectivity index (χ0) is 22.6. The fraction of sp³-hybridized carbons (Fsp3) is 0.900. The average Bonchev–Trinajstić information content (AvgIpc) is 2.59. The predicted octanol–water partition coefficient (Wildman–Crippen LogP) is 2.57. The van der Waals surface area contributed by atoms with E-state index in [2.05, 4.69) is 32.6 Å². The van der Waals surface area contributed by atoms with E-state index in [1.54, 1.807) is 7.05 Å². The van der Waals surface area contributed by atoms with Crippen molar-refractivity contribution in [1.82, 2.24) is 20.7 Å². The van der Waals surface area contributed by atoms with Gasteiger partial charge in [0, 0.05) is 32.7 Å². The molecule has 11 heteroatoms. The predicted molar refractivity (Wildman–Crippen MR) is 137 cm³/mol. The third-order valence-electron chi connectivity index (χ3n) is 4.84. The van der Waals surface area contributed by atoms with Gasteiger partial charge in [-0.3, -0.25) is 4.99 Å². The van der Waals surface area contributed by atoms with Gasteiger partial charge in [-0.15, -0.1) is 24.0 Å². The van der Waals surface area contributed by atoms with E-state index in [1.165, 1.54) is 6.42 Å². The summed E-state index contributed by atoms with van der Waals surface area (Å²) < 4.78 is 32.2. The van der Waals surface area contributed by atoms with E-state index < -0.39 is 21.7 Å². The van der Waals surface area contributed by atoms with Gasteiger partial charge >= 0.3 is 6.09 Å². The molecule has 0 bridgehead atoms. The number of aliphatic imine (C=N–C) groups is 1. The van der Waals surface area contributed by atoms with Crippen LogP contribution in [0.4, 0.5) is 4.79 Å². The molecule has 184 valence electrons. The Labute approximate surface area is 205 Å². The van der Waals surface area contributed by atoms with Gasteiger partial charge in [0.15, 0.2) is 5.96 Å². The zero-order valence-corrected chi connectivity index (χ0v) is 22.8. The summed E-state index contributed by atoms with van der Waals surface area (Å²) >= 11 is 0. The Hall–Kier alpha value is -0.820. The van der Waals surface area contributed by atoms with Crippen LogP contribution in [0.2, 0.25) is 0 Å². The number of ether oxygens (including phenoxy) is 1. The molecule has 0 radical (unpaired) electrons. The van der Waals surface area contributed by atoms with Crippen LogP contribution in [0.25, 0.3) is 0 Å². The van der Waals surface area contributed by atoms with Crippen molar-refractivity contribution in [1.29, 1.82) is 0 Å². The smallest absolute Gasteiger partial charge is 0.407 e. The van der Waals surface area contributed by atoms with Crippen LogP contribution in [0.5, 0.6) is 0 Å². The van der Waals surface area contributed by atoms with Crippen molar-refractivity contribution in [2.24, 2.45) is 10.9 Å². The van der Waals surface area contributed by atoms with Crippen molar-refractivity contribution in [2.45, 2.75) is 77.9 Å². The zero-order valence-electron chi connectivity index (χ0n) is 19.6. The molecule has 31 heavy (non-hydrogen) atoms. The third kappa shape index (κ3) is 14.8. The van der Waals surface area contributed by atoms with Crippen molar-refractivity contribution in [3.8, 4) is 0 Å². The molecule has 1 aliphatic rings. The van der Waals surface area contributed by atoms with Crippen molar-refractivity contribution < 1.29 is 17.9 Å². The highest BCUT2D eigenvalue weighted by Gasteiger charge is 2.21. The first-order valence-electron chi connectivity index (χ1n) is 11.0. The summed E-state index contributed by atoms with van der Waals surface area (Å²) in [6.07, 6.45) is 5.80. The van der Waals surface area contributed by atoms with Crippen LogP contribution in [0, 0.1) is 5.92 Å². The summed E-state index contributed by atoms with van der Waals surface area (Å²) in [6, 6.07) is -0.0444. The Bertz CT molecular complexity index is 648. The first-order chi connectivity index (χ1) is 14.0. The number of sulfonamides is 1. The Morgan fingerprint density at radius 1 is 1.23 bits per heavy atom. The van der Waals surface area contributed by atoms with Crippen LogP contribution < -0.4 is 20.7 Å². The standard InChI is InChI=1S/C20H41N5O4S.HI/c1-6-7-11-17(15-23-19(26)29-20(2,3)4)25-18(21-5)22-12-13-30(27,28)24-14-16-9-8-10-16;/h16-17,24H,6-15H2,1-5H3,(H,23,26)(H2,21,22,25);1H. The molecular weight excluding hydrogens is 533 g/mol. The minimum atomic E-state index is -3.31. The maximum absolute atomic E-state index is 12.1. The molecule has 1 saturated carbocycles. The van der Waals surface area contributed by atoms with Gasteiger partial charge in [0.1, 0.15) is 5.60 Å². The van der Waals surface area contributed by atoms with E-state index in [1.807, 2.05) is 20.8 Å². The maximum atomic E-state index is 12.1. The minimum absolute atomic E-state index is 0. The lowest BCUT2D eigenvalue weighted by Crippen LogP contribution is -2.50. The Kier molecular flexibility index (Phi) is 14.7. The molecule has 0 aromatic heterocycles. The van der Waals surface area contributed by atoms with Gasteiger partial charge in [-0.1, -0.05) is 26.2 Å². The molecule has 0 aromatic rings. The summed E-state index contributed by atoms with van der Waals surface area (Å²) in [5, 5.41) is 9.10. The SMILES string of the molecule is CCCCC(CNC(=O)OC(C)(C)C)NC(=NC)NCCS(=O)(=O)NCC1CCC1.I. The normalized spacial score (nSPS) is 16.0. The summed E-state index contributed by atoms with van der Waals surface area (Å²) in [7, 11) is -1.67. The number of nitrogens with zero attached hydrogens (tertiary/aromatic N) is 1. The van der Waals surface area contributed by atoms with Crippen molar-refractivity contribution >= 4 is 46.1 Å². The van der Waals surface area contributed by atoms with Crippen LogP contribution in [0.15, 0.2) is 4.99 Å². The fourth-order valence-corrected chi connectivity index (χ4v) is 3.91. The molecule has 1 aliphatic carbocycles. The highest BCUT2D eigenvalue weighted by atomic mass is 127. The number of unbranched alkanes of at least 4 members (excludes halogenated alkanes) is 1. The van der Waals surface area contributed by atoms with Gasteiger partial charge in [0.05, 0.1) is 5.75 Å². The lowest BCUT2D eigenvalue weighted by molar-refractivity contribution is 0.0522. The number of alkyl carbamates (subject to hydrolysis) is 1. The molecule has 1 fully saturated rings. The summed E-state index contributed by atoms with van der Waals surface area (Å²) in [5.41, 5.74) is -0.549. The van der Waals surface area contributed by atoms with E-state index in [-0.39, 0.29) is 42.3 Å². The second kappa shape index (κ2) is 15.1. The van der Waals surface area contributed by atoms with E-state index in [9.17, 15) is 13.2 Å². The highest BCUT2D eigenvalue weighted by Crippen LogP contribution is 2.25. The van der Waals surface area contributed by atoms with Crippen LogP contribution >= 0.6 is 24.0 Å². The highest BCUT2D eigenvalue weighted by molar-refractivity contribution is 14.0. The Balaban J connectivity index is 0.00000900. The topological polar surface area (TPSA) is 121 Å². The van der Waals surface area contributed by atoms with Gasteiger partial charge < -0.3 is 20.7 Å². The summed E-state index contributed by atoms with van der Waals surface area (Å²) in [6.45, 7) is 8.73. The number of rotatable bonds is 12. The molecule has 4 N–H and O–H groups in total. The number of carbonyl (C=O) groups excluding carboxylic acids is 1. The molecule has 1 atom stereocenters. The number of guanidine groups is 1. The second-order valence-corrected chi connectivity index (χ2v) is 10.8. The third-order valence-corrected chi connectivity index (χ3v) is 6.19. The molecule has 0 aliphatic heterocycles. The van der Waals surface area contributed by atoms with Crippen LogP contribution in [-0.2, 0) is 14.8 Å². The van der Waals surface area contributed by atoms with Gasteiger partial charge in [0.2, 0.25) is 10.0 Å².